The van der Waals surface area contributed by atoms with Crippen LogP contribution in [0.5, 0.6) is 0 Å². The highest BCUT2D eigenvalue weighted by molar-refractivity contribution is 5.81. The number of nitro benzene ring substituents is 2. The van der Waals surface area contributed by atoms with Crippen molar-refractivity contribution >= 4 is 23.3 Å². The lowest BCUT2D eigenvalue weighted by molar-refractivity contribution is -0.393. The average Bonchev–Trinajstić information content (AvgIpc) is 2.49. The van der Waals surface area contributed by atoms with Gasteiger partial charge in [-0.2, -0.15) is 5.10 Å². The lowest BCUT2D eigenvalue weighted by Gasteiger charge is -2.02. The molecule has 0 fully saturated rings. The van der Waals surface area contributed by atoms with E-state index < -0.39 is 32.5 Å². The molecular formula is C12H10N6O6. The minimum atomic E-state index is -0.803. The fraction of sp³-hybridized carbons (Fsp3) is 0.0833. The zero-order valence-corrected chi connectivity index (χ0v) is 12.1. The first-order chi connectivity index (χ1) is 11.3. The number of nitrogens with one attached hydrogen (secondary N) is 3. The van der Waals surface area contributed by atoms with E-state index in [0.29, 0.717) is 0 Å². The predicted molar refractivity (Wildman–Crippen MR) is 83.4 cm³/mol. The molecule has 0 aliphatic heterocycles. The Bertz CT molecular complexity index is 959. The van der Waals surface area contributed by atoms with E-state index in [1.54, 1.807) is 0 Å². The Hall–Kier alpha value is -3.83. The van der Waals surface area contributed by atoms with E-state index >= 15 is 0 Å². The third-order valence-corrected chi connectivity index (χ3v) is 2.94. The van der Waals surface area contributed by atoms with Crippen molar-refractivity contribution < 1.29 is 9.85 Å². The normalized spacial score (nSPS) is 10.7. The van der Waals surface area contributed by atoms with E-state index in [4.69, 9.17) is 0 Å². The zero-order chi connectivity index (χ0) is 17.9. The molecule has 3 N–H and O–H groups in total. The first-order valence-corrected chi connectivity index (χ1v) is 6.34. The second-order valence-corrected chi connectivity index (χ2v) is 4.53. The molecule has 124 valence electrons. The van der Waals surface area contributed by atoms with Gasteiger partial charge in [0.25, 0.3) is 11.2 Å². The molecule has 0 unspecified atom stereocenters. The van der Waals surface area contributed by atoms with Gasteiger partial charge < -0.3 is 4.98 Å². The molecule has 12 nitrogen and oxygen atoms in total. The van der Waals surface area contributed by atoms with Crippen LogP contribution in [0.1, 0.15) is 11.3 Å². The van der Waals surface area contributed by atoms with Gasteiger partial charge in [-0.1, -0.05) is 0 Å². The number of aromatic nitrogens is 2. The summed E-state index contributed by atoms with van der Waals surface area (Å²) in [6, 6.07) is 2.98. The Labute approximate surface area is 132 Å². The van der Waals surface area contributed by atoms with Gasteiger partial charge in [0.15, 0.2) is 0 Å². The number of rotatable bonds is 5. The van der Waals surface area contributed by atoms with Gasteiger partial charge in [-0.3, -0.25) is 35.4 Å². The number of hydrazone groups is 1. The van der Waals surface area contributed by atoms with Crippen LogP contribution in [0.2, 0.25) is 0 Å². The fourth-order valence-electron chi connectivity index (χ4n) is 1.81. The molecule has 0 saturated carbocycles. The molecule has 1 heterocycles. The number of nitrogens with zero attached hydrogens (tertiary/aromatic N) is 3. The molecule has 0 saturated heterocycles. The maximum Gasteiger partial charge on any atom is 0.325 e. The number of non-ortho nitro benzene ring substituents is 1. The lowest BCUT2D eigenvalue weighted by Crippen LogP contribution is -2.27. The van der Waals surface area contributed by atoms with Gasteiger partial charge >= 0.3 is 11.4 Å². The van der Waals surface area contributed by atoms with E-state index in [-0.39, 0.29) is 16.9 Å². The summed E-state index contributed by atoms with van der Waals surface area (Å²) in [5.74, 6) is 0. The molecule has 0 atom stereocenters. The minimum Gasteiger partial charge on any atom is -0.311 e. The molecule has 1 aromatic heterocycles. The van der Waals surface area contributed by atoms with Crippen molar-refractivity contribution in [3.05, 3.63) is 70.5 Å². The van der Waals surface area contributed by atoms with Crippen molar-refractivity contribution in [2.75, 3.05) is 5.43 Å². The van der Waals surface area contributed by atoms with Crippen LogP contribution in [-0.2, 0) is 0 Å². The summed E-state index contributed by atoms with van der Waals surface area (Å²) in [6.45, 7) is 1.48. The quantitative estimate of drug-likeness (QED) is 0.408. The van der Waals surface area contributed by atoms with Crippen LogP contribution in [0.4, 0.5) is 17.1 Å². The van der Waals surface area contributed by atoms with Crippen molar-refractivity contribution in [3.63, 3.8) is 0 Å². The Morgan fingerprint density at radius 1 is 1.17 bits per heavy atom. The highest BCUT2D eigenvalue weighted by Gasteiger charge is 2.19. The first-order valence-electron chi connectivity index (χ1n) is 6.34. The van der Waals surface area contributed by atoms with Crippen LogP contribution < -0.4 is 16.7 Å². The molecule has 2 aromatic rings. The van der Waals surface area contributed by atoms with Crippen LogP contribution in [0.3, 0.4) is 0 Å². The third-order valence-electron chi connectivity index (χ3n) is 2.94. The number of hydrogen-bond acceptors (Lipinski definition) is 8. The second-order valence-electron chi connectivity index (χ2n) is 4.53. The van der Waals surface area contributed by atoms with Crippen LogP contribution in [-0.4, -0.2) is 26.0 Å². The van der Waals surface area contributed by atoms with E-state index in [2.05, 4.69) is 15.5 Å². The monoisotopic (exact) mass is 334 g/mol. The zero-order valence-electron chi connectivity index (χ0n) is 12.1. The van der Waals surface area contributed by atoms with Crippen molar-refractivity contribution in [2.45, 2.75) is 6.92 Å². The second kappa shape index (κ2) is 6.51. The van der Waals surface area contributed by atoms with Gasteiger partial charge in [0, 0.05) is 11.8 Å². The van der Waals surface area contributed by atoms with Crippen LogP contribution in [0.25, 0.3) is 0 Å². The summed E-state index contributed by atoms with van der Waals surface area (Å²) in [7, 11) is 0. The van der Waals surface area contributed by atoms with Gasteiger partial charge in [0.1, 0.15) is 5.69 Å². The molecule has 0 aliphatic carbocycles. The number of hydrogen-bond donors (Lipinski definition) is 3. The molecule has 0 radical (unpaired) electrons. The Morgan fingerprint density at radius 3 is 2.46 bits per heavy atom. The molecule has 2 rings (SSSR count). The summed E-state index contributed by atoms with van der Waals surface area (Å²) in [4.78, 5) is 47.1. The summed E-state index contributed by atoms with van der Waals surface area (Å²) < 4.78 is 0. The first kappa shape index (κ1) is 16.5. The summed E-state index contributed by atoms with van der Waals surface area (Å²) >= 11 is 0. The number of anilines is 1. The molecule has 12 heteroatoms. The topological polar surface area (TPSA) is 176 Å². The molecule has 0 amide bonds. The molecule has 0 aliphatic rings. The van der Waals surface area contributed by atoms with Crippen molar-refractivity contribution in [1.29, 1.82) is 0 Å². The largest absolute Gasteiger partial charge is 0.325 e. The Morgan fingerprint density at radius 2 is 1.88 bits per heavy atom. The Balaban J connectivity index is 2.33. The van der Waals surface area contributed by atoms with Crippen LogP contribution in [0.15, 0.2) is 32.9 Å². The van der Waals surface area contributed by atoms with E-state index in [1.807, 2.05) is 4.98 Å². The van der Waals surface area contributed by atoms with E-state index in [0.717, 1.165) is 24.4 Å². The van der Waals surface area contributed by atoms with E-state index in [1.165, 1.54) is 6.92 Å². The third kappa shape index (κ3) is 3.49. The van der Waals surface area contributed by atoms with Crippen molar-refractivity contribution in [2.24, 2.45) is 5.10 Å². The van der Waals surface area contributed by atoms with Crippen molar-refractivity contribution in [3.8, 4) is 0 Å². The highest BCUT2D eigenvalue weighted by Crippen LogP contribution is 2.28. The van der Waals surface area contributed by atoms with E-state index in [9.17, 15) is 29.8 Å². The molecule has 0 spiro atoms. The maximum atomic E-state index is 11.6. The van der Waals surface area contributed by atoms with Gasteiger partial charge in [0.2, 0.25) is 0 Å². The van der Waals surface area contributed by atoms with Crippen LogP contribution in [0, 0.1) is 27.2 Å². The number of H-pyrrole nitrogens is 2. The minimum absolute atomic E-state index is 0.0478. The van der Waals surface area contributed by atoms with Crippen molar-refractivity contribution in [1.82, 2.24) is 9.97 Å². The smallest absolute Gasteiger partial charge is 0.311 e. The highest BCUT2D eigenvalue weighted by atomic mass is 16.6. The lowest BCUT2D eigenvalue weighted by atomic mass is 10.2. The molecule has 0 bridgehead atoms. The Kier molecular flexibility index (Phi) is 4.49. The molecule has 1 aromatic carbocycles. The van der Waals surface area contributed by atoms with Gasteiger partial charge in [-0.05, 0) is 13.0 Å². The van der Waals surface area contributed by atoms with Gasteiger partial charge in [-0.15, -0.1) is 0 Å². The number of nitro groups is 2. The van der Waals surface area contributed by atoms with Crippen LogP contribution >= 0.6 is 0 Å². The predicted octanol–water partition coefficient (Wildman–Crippen LogP) is 0.634. The van der Waals surface area contributed by atoms with Gasteiger partial charge in [0.05, 0.1) is 27.7 Å². The molecular weight excluding hydrogens is 324 g/mol. The summed E-state index contributed by atoms with van der Waals surface area (Å²) in [5, 5.41) is 25.3. The summed E-state index contributed by atoms with van der Waals surface area (Å²) in [5.41, 5.74) is 0.205. The maximum absolute atomic E-state index is 11.6. The SMILES string of the molecule is Cc1[nH]c(=O)[nH]c(=O)c1/C=N\Nc1ccc([N+](=O)[O-])cc1[N+](=O)[O-]. The standard InChI is InChI=1S/C12H10N6O6/c1-6-8(11(19)15-12(20)14-6)5-13-16-9-3-2-7(17(21)22)4-10(9)18(23)24/h2-5,16H,1H3,(H2,14,15,19,20)/b13-5-. The van der Waals surface area contributed by atoms with Gasteiger partial charge in [-0.25, -0.2) is 4.79 Å². The fourth-order valence-corrected chi connectivity index (χ4v) is 1.81. The molecule has 24 heavy (non-hydrogen) atoms. The number of aromatic amines is 2. The average molecular weight is 334 g/mol. The number of benzene rings is 1. The summed E-state index contributed by atoms with van der Waals surface area (Å²) in [6.07, 6.45) is 1.06. The number of aryl methyl sites for hydroxylation is 1.